The summed E-state index contributed by atoms with van der Waals surface area (Å²) in [4.78, 5) is 14.8. The van der Waals surface area contributed by atoms with Crippen molar-refractivity contribution in [1.29, 1.82) is 0 Å². The summed E-state index contributed by atoms with van der Waals surface area (Å²) in [6.07, 6.45) is 3.16. The van der Waals surface area contributed by atoms with Gasteiger partial charge in [-0.2, -0.15) is 5.10 Å². The Morgan fingerprint density at radius 2 is 2.44 bits per heavy atom. The zero-order chi connectivity index (χ0) is 11.7. The molecule has 0 saturated heterocycles. The van der Waals surface area contributed by atoms with Gasteiger partial charge in [-0.05, 0) is 6.92 Å². The van der Waals surface area contributed by atoms with Crippen LogP contribution >= 0.6 is 22.9 Å². The van der Waals surface area contributed by atoms with E-state index in [1.54, 1.807) is 18.5 Å². The van der Waals surface area contributed by atoms with Crippen molar-refractivity contribution in [1.82, 2.24) is 14.8 Å². The maximum absolute atomic E-state index is 10.8. The summed E-state index contributed by atoms with van der Waals surface area (Å²) in [6.45, 7) is 1.61. The number of aromatic nitrogens is 3. The van der Waals surface area contributed by atoms with Crippen LogP contribution < -0.4 is 0 Å². The summed E-state index contributed by atoms with van der Waals surface area (Å²) in [7, 11) is 0. The molecule has 5 nitrogen and oxygen atoms in total. The van der Waals surface area contributed by atoms with Crippen LogP contribution in [-0.2, 0) is 4.79 Å². The number of hydrogen-bond acceptors (Lipinski definition) is 4. The molecule has 1 atom stereocenters. The second-order valence-corrected chi connectivity index (χ2v) is 4.68. The normalized spacial score (nSPS) is 12.6. The Bertz CT molecular complexity index is 522. The molecule has 0 radical (unpaired) electrons. The summed E-state index contributed by atoms with van der Waals surface area (Å²) >= 11 is 7.00. The molecule has 0 spiro atoms. The summed E-state index contributed by atoms with van der Waals surface area (Å²) < 4.78 is 1.94. The molecular weight excluding hydrogens is 250 g/mol. The van der Waals surface area contributed by atoms with Crippen LogP contribution in [0.15, 0.2) is 17.8 Å². The second-order valence-electron chi connectivity index (χ2n) is 3.24. The van der Waals surface area contributed by atoms with Gasteiger partial charge in [0.25, 0.3) is 0 Å². The fourth-order valence-corrected chi connectivity index (χ4v) is 1.91. The van der Waals surface area contributed by atoms with Gasteiger partial charge in [0.05, 0.1) is 12.1 Å². The van der Waals surface area contributed by atoms with E-state index < -0.39 is 11.9 Å². The highest BCUT2D eigenvalue weighted by atomic mass is 35.5. The van der Waals surface area contributed by atoms with Gasteiger partial charge < -0.3 is 5.11 Å². The van der Waals surface area contributed by atoms with Crippen LogP contribution in [0.1, 0.15) is 18.4 Å². The topological polar surface area (TPSA) is 68.0 Å². The molecule has 16 heavy (non-hydrogen) atoms. The molecule has 0 amide bonds. The van der Waals surface area contributed by atoms with Gasteiger partial charge in [-0.3, -0.25) is 4.79 Å². The lowest BCUT2D eigenvalue weighted by atomic mass is 10.1. The molecule has 7 heteroatoms. The highest BCUT2D eigenvalue weighted by molar-refractivity contribution is 7.14. The van der Waals surface area contributed by atoms with Crippen molar-refractivity contribution < 1.29 is 9.90 Å². The highest BCUT2D eigenvalue weighted by Gasteiger charge is 2.16. The van der Waals surface area contributed by atoms with E-state index in [1.807, 2.05) is 0 Å². The van der Waals surface area contributed by atoms with Crippen molar-refractivity contribution in [2.24, 2.45) is 0 Å². The van der Waals surface area contributed by atoms with Crippen molar-refractivity contribution in [2.45, 2.75) is 12.8 Å². The number of hydrogen-bond donors (Lipinski definition) is 1. The van der Waals surface area contributed by atoms with E-state index in [4.69, 9.17) is 16.7 Å². The van der Waals surface area contributed by atoms with Gasteiger partial charge in [0.1, 0.15) is 0 Å². The van der Waals surface area contributed by atoms with Gasteiger partial charge in [0, 0.05) is 17.1 Å². The third-order valence-electron chi connectivity index (χ3n) is 2.17. The van der Waals surface area contributed by atoms with Crippen LogP contribution in [0.4, 0.5) is 0 Å². The largest absolute Gasteiger partial charge is 0.481 e. The smallest absolute Gasteiger partial charge is 0.310 e. The molecule has 84 valence electrons. The molecule has 2 heterocycles. The number of rotatable bonds is 3. The molecule has 0 fully saturated rings. The van der Waals surface area contributed by atoms with E-state index in [2.05, 4.69) is 10.1 Å². The van der Waals surface area contributed by atoms with Gasteiger partial charge in [-0.25, -0.2) is 9.67 Å². The number of carbonyl (C=O) groups is 1. The maximum Gasteiger partial charge on any atom is 0.310 e. The number of carboxylic acid groups (broad SMARTS) is 1. The maximum atomic E-state index is 10.8. The summed E-state index contributed by atoms with van der Waals surface area (Å²) in [5.41, 5.74) is 0.636. The van der Waals surface area contributed by atoms with E-state index in [1.165, 1.54) is 22.2 Å². The SMILES string of the molecule is CC(C(=O)O)c1cnn(-c2csc(Cl)n2)c1. The molecular formula is C9H8ClN3O2S. The van der Waals surface area contributed by atoms with Crippen LogP contribution in [0.25, 0.3) is 5.82 Å². The quantitative estimate of drug-likeness (QED) is 0.915. The van der Waals surface area contributed by atoms with Gasteiger partial charge in [0.15, 0.2) is 10.3 Å². The monoisotopic (exact) mass is 257 g/mol. The minimum absolute atomic E-state index is 0.429. The summed E-state index contributed by atoms with van der Waals surface area (Å²) in [5, 5.41) is 14.6. The first kappa shape index (κ1) is 11.1. The minimum Gasteiger partial charge on any atom is -0.481 e. The molecule has 0 bridgehead atoms. The van der Waals surface area contributed by atoms with Gasteiger partial charge in [-0.1, -0.05) is 11.6 Å². The molecule has 2 aromatic heterocycles. The number of aliphatic carboxylic acids is 1. The zero-order valence-corrected chi connectivity index (χ0v) is 9.87. The predicted octanol–water partition coefficient (Wildman–Crippen LogP) is 2.17. The standard InChI is InChI=1S/C9H8ClN3O2S/c1-5(8(14)15)6-2-11-13(3-6)7-4-16-9(10)12-7/h2-5H,1H3,(H,14,15). The first-order chi connectivity index (χ1) is 7.58. The Morgan fingerprint density at radius 1 is 1.69 bits per heavy atom. The van der Waals surface area contributed by atoms with Gasteiger partial charge in [0.2, 0.25) is 0 Å². The molecule has 0 aliphatic heterocycles. The molecule has 1 N–H and O–H groups in total. The molecule has 0 aliphatic rings. The third-order valence-corrected chi connectivity index (χ3v) is 3.14. The lowest BCUT2D eigenvalue weighted by molar-refractivity contribution is -0.138. The summed E-state index contributed by atoms with van der Waals surface area (Å²) in [6, 6.07) is 0. The van der Waals surface area contributed by atoms with Crippen LogP contribution in [-0.4, -0.2) is 25.8 Å². The van der Waals surface area contributed by atoms with Crippen LogP contribution in [0.5, 0.6) is 0 Å². The van der Waals surface area contributed by atoms with E-state index in [0.29, 0.717) is 15.8 Å². The molecule has 0 aliphatic carbocycles. The van der Waals surface area contributed by atoms with E-state index in [9.17, 15) is 4.79 Å². The van der Waals surface area contributed by atoms with Crippen molar-refractivity contribution in [3.8, 4) is 5.82 Å². The van der Waals surface area contributed by atoms with Crippen LogP contribution in [0, 0.1) is 0 Å². The molecule has 2 rings (SSSR count). The number of carboxylic acids is 1. The lowest BCUT2D eigenvalue weighted by Gasteiger charge is -2.00. The Balaban J connectivity index is 2.29. The molecule has 0 aromatic carbocycles. The van der Waals surface area contributed by atoms with Crippen LogP contribution in [0.3, 0.4) is 0 Å². The summed E-state index contributed by atoms with van der Waals surface area (Å²) in [5.74, 6) is -0.863. The molecule has 2 aromatic rings. The first-order valence-electron chi connectivity index (χ1n) is 4.46. The van der Waals surface area contributed by atoms with Crippen LogP contribution in [0.2, 0.25) is 4.47 Å². The van der Waals surface area contributed by atoms with E-state index >= 15 is 0 Å². The van der Waals surface area contributed by atoms with E-state index in [-0.39, 0.29) is 0 Å². The fourth-order valence-electron chi connectivity index (χ4n) is 1.18. The first-order valence-corrected chi connectivity index (χ1v) is 5.72. The Kier molecular flexibility index (Phi) is 2.93. The van der Waals surface area contributed by atoms with Crippen molar-refractivity contribution in [3.63, 3.8) is 0 Å². The van der Waals surface area contributed by atoms with Crippen molar-refractivity contribution >= 4 is 28.9 Å². The number of thiazole rings is 1. The Labute approximate surface area is 100 Å². The Morgan fingerprint density at radius 3 is 3.00 bits per heavy atom. The average molecular weight is 258 g/mol. The van der Waals surface area contributed by atoms with Crippen molar-refractivity contribution in [3.05, 3.63) is 27.8 Å². The lowest BCUT2D eigenvalue weighted by Crippen LogP contribution is -2.06. The van der Waals surface area contributed by atoms with E-state index in [0.717, 1.165) is 0 Å². The second kappa shape index (κ2) is 4.23. The number of halogens is 1. The zero-order valence-electron chi connectivity index (χ0n) is 8.29. The van der Waals surface area contributed by atoms with Gasteiger partial charge in [-0.15, -0.1) is 11.3 Å². The minimum atomic E-state index is -0.879. The third kappa shape index (κ3) is 2.07. The fraction of sp³-hybridized carbons (Fsp3) is 0.222. The molecule has 1 unspecified atom stereocenters. The molecule has 0 saturated carbocycles. The van der Waals surface area contributed by atoms with Crippen molar-refractivity contribution in [2.75, 3.05) is 0 Å². The highest BCUT2D eigenvalue weighted by Crippen LogP contribution is 2.20. The van der Waals surface area contributed by atoms with Gasteiger partial charge >= 0.3 is 5.97 Å². The number of nitrogens with zero attached hydrogens (tertiary/aromatic N) is 3. The Hall–Kier alpha value is -1.40. The average Bonchev–Trinajstić information content (AvgIpc) is 2.84. The predicted molar refractivity (Wildman–Crippen MR) is 60.3 cm³/mol.